The summed E-state index contributed by atoms with van der Waals surface area (Å²) in [6.45, 7) is 4.87. The number of aromatic nitrogens is 3. The van der Waals surface area contributed by atoms with Gasteiger partial charge in [0.1, 0.15) is 6.04 Å². The van der Waals surface area contributed by atoms with Crippen LogP contribution in [0.5, 0.6) is 0 Å². The van der Waals surface area contributed by atoms with Crippen molar-refractivity contribution in [2.75, 3.05) is 19.6 Å². The minimum absolute atomic E-state index is 0.100. The Kier molecular flexibility index (Phi) is 5.56. The van der Waals surface area contributed by atoms with Crippen LogP contribution in [0.25, 0.3) is 0 Å². The van der Waals surface area contributed by atoms with Crippen LogP contribution in [0.2, 0.25) is 0 Å². The molecule has 1 atom stereocenters. The second-order valence-corrected chi connectivity index (χ2v) is 7.33. The maximum Gasteiger partial charge on any atom is 0.255 e. The third-order valence-corrected chi connectivity index (χ3v) is 5.21. The first-order valence-electron chi connectivity index (χ1n) is 9.91. The van der Waals surface area contributed by atoms with Gasteiger partial charge >= 0.3 is 0 Å². The van der Waals surface area contributed by atoms with E-state index in [2.05, 4.69) is 15.1 Å². The number of carbonyl (C=O) groups excluding carboxylic acids is 2. The Bertz CT molecular complexity index is 1030. The van der Waals surface area contributed by atoms with E-state index >= 15 is 0 Å². The van der Waals surface area contributed by atoms with E-state index in [1.807, 2.05) is 31.2 Å². The van der Waals surface area contributed by atoms with E-state index in [1.54, 1.807) is 41.1 Å². The Labute approximate surface area is 174 Å². The number of rotatable bonds is 3. The molecule has 0 radical (unpaired) electrons. The van der Waals surface area contributed by atoms with E-state index in [9.17, 15) is 9.59 Å². The molecule has 1 unspecified atom stereocenters. The number of aryl methyl sites for hydroxylation is 2. The first-order chi connectivity index (χ1) is 14.5. The first-order valence-corrected chi connectivity index (χ1v) is 9.91. The number of pyridine rings is 1. The summed E-state index contributed by atoms with van der Waals surface area (Å²) in [7, 11) is 0. The topological polar surface area (TPSA) is 92.4 Å². The summed E-state index contributed by atoms with van der Waals surface area (Å²) in [5.41, 5.74) is 1.98. The molecule has 3 heterocycles. The van der Waals surface area contributed by atoms with Crippen molar-refractivity contribution in [3.63, 3.8) is 0 Å². The fraction of sp³-hybridized carbons (Fsp3) is 0.318. The third kappa shape index (κ3) is 4.07. The number of nitrogens with zero attached hydrogens (tertiary/aromatic N) is 5. The molecule has 154 valence electrons. The van der Waals surface area contributed by atoms with Gasteiger partial charge in [-0.3, -0.25) is 14.6 Å². The summed E-state index contributed by atoms with van der Waals surface area (Å²) in [5.74, 6) is 0.683. The number of carbonyl (C=O) groups is 2. The Morgan fingerprint density at radius 1 is 0.967 bits per heavy atom. The average Bonchev–Trinajstić information content (AvgIpc) is 3.07. The van der Waals surface area contributed by atoms with Gasteiger partial charge in [0.2, 0.25) is 5.89 Å². The zero-order valence-electron chi connectivity index (χ0n) is 17.0. The van der Waals surface area contributed by atoms with Crippen molar-refractivity contribution in [3.05, 3.63) is 77.2 Å². The van der Waals surface area contributed by atoms with Crippen LogP contribution in [0.3, 0.4) is 0 Å². The predicted octanol–water partition coefficient (Wildman–Crippen LogP) is 2.81. The molecule has 0 bridgehead atoms. The van der Waals surface area contributed by atoms with Crippen LogP contribution in [-0.2, 0) is 0 Å². The van der Waals surface area contributed by atoms with Crippen LogP contribution in [0.1, 0.15) is 50.6 Å². The Morgan fingerprint density at radius 2 is 1.77 bits per heavy atom. The molecule has 1 fully saturated rings. The normalized spacial score (nSPS) is 16.9. The molecular formula is C22H23N5O3. The zero-order chi connectivity index (χ0) is 21.1. The predicted molar refractivity (Wildman–Crippen MR) is 109 cm³/mol. The molecule has 1 aromatic carbocycles. The standard InChI is InChI=1S/C22H23N5O3/c1-15-8-9-18(14-23-15)21(28)26-11-10-19(20-24-16(2)25-30-20)27(13-12-26)22(29)17-6-4-3-5-7-17/h3-9,14,19H,10-13H2,1-2H3. The van der Waals surface area contributed by atoms with Gasteiger partial charge in [-0.15, -0.1) is 0 Å². The third-order valence-electron chi connectivity index (χ3n) is 5.21. The lowest BCUT2D eigenvalue weighted by Crippen LogP contribution is -2.38. The quantitative estimate of drug-likeness (QED) is 0.665. The molecule has 3 aromatic rings. The summed E-state index contributed by atoms with van der Waals surface area (Å²) in [5, 5.41) is 3.89. The van der Waals surface area contributed by atoms with Gasteiger partial charge in [0.05, 0.1) is 5.56 Å². The van der Waals surface area contributed by atoms with Crippen molar-refractivity contribution in [2.24, 2.45) is 0 Å². The fourth-order valence-corrected chi connectivity index (χ4v) is 3.60. The number of amides is 2. The smallest absolute Gasteiger partial charge is 0.255 e. The van der Waals surface area contributed by atoms with Crippen molar-refractivity contribution < 1.29 is 14.1 Å². The Hall–Kier alpha value is -3.55. The summed E-state index contributed by atoms with van der Waals surface area (Å²) < 4.78 is 5.40. The minimum Gasteiger partial charge on any atom is -0.337 e. The zero-order valence-corrected chi connectivity index (χ0v) is 17.0. The molecule has 0 aliphatic carbocycles. The van der Waals surface area contributed by atoms with E-state index in [0.717, 1.165) is 5.69 Å². The van der Waals surface area contributed by atoms with Crippen molar-refractivity contribution in [1.82, 2.24) is 24.9 Å². The highest BCUT2D eigenvalue weighted by molar-refractivity contribution is 5.95. The summed E-state index contributed by atoms with van der Waals surface area (Å²) in [4.78, 5) is 38.3. The molecule has 4 rings (SSSR count). The van der Waals surface area contributed by atoms with Gasteiger partial charge in [-0.05, 0) is 44.5 Å². The van der Waals surface area contributed by atoms with Crippen LogP contribution >= 0.6 is 0 Å². The van der Waals surface area contributed by atoms with E-state index in [1.165, 1.54) is 0 Å². The van der Waals surface area contributed by atoms with Crippen LogP contribution < -0.4 is 0 Å². The molecule has 0 saturated carbocycles. The Morgan fingerprint density at radius 3 is 2.43 bits per heavy atom. The van der Waals surface area contributed by atoms with Gasteiger partial charge in [0.25, 0.3) is 11.8 Å². The molecule has 30 heavy (non-hydrogen) atoms. The molecule has 8 nitrogen and oxygen atoms in total. The second-order valence-electron chi connectivity index (χ2n) is 7.33. The molecule has 0 spiro atoms. The first kappa shape index (κ1) is 19.8. The molecule has 1 saturated heterocycles. The van der Waals surface area contributed by atoms with Crippen molar-refractivity contribution in [3.8, 4) is 0 Å². The average molecular weight is 405 g/mol. The Balaban J connectivity index is 1.60. The summed E-state index contributed by atoms with van der Waals surface area (Å²) >= 11 is 0. The lowest BCUT2D eigenvalue weighted by Gasteiger charge is -2.27. The highest BCUT2D eigenvalue weighted by Gasteiger charge is 2.34. The number of hydrogen-bond donors (Lipinski definition) is 0. The van der Waals surface area contributed by atoms with E-state index in [4.69, 9.17) is 4.52 Å². The minimum atomic E-state index is -0.396. The van der Waals surface area contributed by atoms with Crippen molar-refractivity contribution >= 4 is 11.8 Å². The van der Waals surface area contributed by atoms with Gasteiger partial charge in [0, 0.05) is 37.1 Å². The molecule has 0 N–H and O–H groups in total. The molecule has 2 aromatic heterocycles. The van der Waals surface area contributed by atoms with Crippen LogP contribution in [0.15, 0.2) is 53.2 Å². The molecule has 1 aliphatic rings. The maximum absolute atomic E-state index is 13.2. The van der Waals surface area contributed by atoms with E-state index in [-0.39, 0.29) is 11.8 Å². The lowest BCUT2D eigenvalue weighted by atomic mass is 10.1. The van der Waals surface area contributed by atoms with Gasteiger partial charge in [0.15, 0.2) is 5.82 Å². The fourth-order valence-electron chi connectivity index (χ4n) is 3.60. The molecule has 8 heteroatoms. The van der Waals surface area contributed by atoms with E-state index in [0.29, 0.717) is 48.9 Å². The second kappa shape index (κ2) is 8.44. The highest BCUT2D eigenvalue weighted by atomic mass is 16.5. The summed E-state index contributed by atoms with van der Waals surface area (Å²) in [6, 6.07) is 12.3. The largest absolute Gasteiger partial charge is 0.337 e. The maximum atomic E-state index is 13.2. The van der Waals surface area contributed by atoms with Crippen LogP contribution in [0.4, 0.5) is 0 Å². The number of hydrogen-bond acceptors (Lipinski definition) is 6. The van der Waals surface area contributed by atoms with E-state index < -0.39 is 6.04 Å². The molecule has 2 amide bonds. The van der Waals surface area contributed by atoms with Gasteiger partial charge in [-0.25, -0.2) is 0 Å². The molecular weight excluding hydrogens is 382 g/mol. The summed E-state index contributed by atoms with van der Waals surface area (Å²) in [6.07, 6.45) is 2.10. The van der Waals surface area contributed by atoms with Crippen molar-refractivity contribution in [2.45, 2.75) is 26.3 Å². The van der Waals surface area contributed by atoms with Gasteiger partial charge in [-0.1, -0.05) is 23.4 Å². The van der Waals surface area contributed by atoms with Crippen LogP contribution in [-0.4, -0.2) is 56.4 Å². The molecule has 1 aliphatic heterocycles. The number of benzene rings is 1. The lowest BCUT2D eigenvalue weighted by molar-refractivity contribution is 0.0642. The van der Waals surface area contributed by atoms with Gasteiger partial charge < -0.3 is 14.3 Å². The van der Waals surface area contributed by atoms with Gasteiger partial charge in [-0.2, -0.15) is 4.98 Å². The SMILES string of the molecule is Cc1ccc(C(=O)N2CCC(c3nc(C)no3)N(C(=O)c3ccccc3)CC2)cn1. The van der Waals surface area contributed by atoms with Crippen molar-refractivity contribution in [1.29, 1.82) is 0 Å². The highest BCUT2D eigenvalue weighted by Crippen LogP contribution is 2.28. The van der Waals surface area contributed by atoms with Crippen LogP contribution in [0, 0.1) is 13.8 Å². The monoisotopic (exact) mass is 405 g/mol.